The molecule has 0 N–H and O–H groups in total. The SMILES string of the molecule is CCC(C)CCC(C)C(=O)OC. The highest BCUT2D eigenvalue weighted by molar-refractivity contribution is 5.71. The molecule has 0 aromatic heterocycles. The van der Waals surface area contributed by atoms with E-state index in [1.807, 2.05) is 6.92 Å². The molecule has 2 nitrogen and oxygen atoms in total. The molecule has 0 aromatic carbocycles. The molecule has 0 aliphatic carbocycles. The Bertz CT molecular complexity index is 132. The molecular weight excluding hydrogens is 152 g/mol. The zero-order valence-corrected chi connectivity index (χ0v) is 8.59. The largest absolute Gasteiger partial charge is 0.469 e. The fourth-order valence-electron chi connectivity index (χ4n) is 1.06. The lowest BCUT2D eigenvalue weighted by Gasteiger charge is -2.11. The van der Waals surface area contributed by atoms with Crippen LogP contribution in [0.25, 0.3) is 0 Å². The van der Waals surface area contributed by atoms with Gasteiger partial charge in [0.15, 0.2) is 0 Å². The fraction of sp³-hybridized carbons (Fsp3) is 0.900. The molecular formula is C10H20O2. The van der Waals surface area contributed by atoms with Gasteiger partial charge in [0.2, 0.25) is 0 Å². The number of rotatable bonds is 5. The van der Waals surface area contributed by atoms with Crippen molar-refractivity contribution in [1.82, 2.24) is 0 Å². The first-order chi connectivity index (χ1) is 5.61. The maximum atomic E-state index is 11.0. The monoisotopic (exact) mass is 172 g/mol. The van der Waals surface area contributed by atoms with E-state index < -0.39 is 0 Å². The average Bonchev–Trinajstić information content (AvgIpc) is 2.11. The molecule has 12 heavy (non-hydrogen) atoms. The minimum Gasteiger partial charge on any atom is -0.469 e. The lowest BCUT2D eigenvalue weighted by Crippen LogP contribution is -2.13. The summed E-state index contributed by atoms with van der Waals surface area (Å²) in [5, 5.41) is 0. The van der Waals surface area contributed by atoms with Crippen LogP contribution in [0.4, 0.5) is 0 Å². The standard InChI is InChI=1S/C10H20O2/c1-5-8(2)6-7-9(3)10(11)12-4/h8-9H,5-7H2,1-4H3. The van der Waals surface area contributed by atoms with Gasteiger partial charge in [-0.1, -0.05) is 27.2 Å². The van der Waals surface area contributed by atoms with Gasteiger partial charge in [-0.15, -0.1) is 0 Å². The zero-order chi connectivity index (χ0) is 9.56. The molecule has 0 aliphatic rings. The van der Waals surface area contributed by atoms with E-state index in [4.69, 9.17) is 0 Å². The zero-order valence-electron chi connectivity index (χ0n) is 8.59. The number of hydrogen-bond acceptors (Lipinski definition) is 2. The van der Waals surface area contributed by atoms with Crippen LogP contribution < -0.4 is 0 Å². The summed E-state index contributed by atoms with van der Waals surface area (Å²) in [6.45, 7) is 6.31. The summed E-state index contributed by atoms with van der Waals surface area (Å²) in [5.41, 5.74) is 0. The summed E-state index contributed by atoms with van der Waals surface area (Å²) < 4.78 is 4.64. The van der Waals surface area contributed by atoms with Crippen molar-refractivity contribution in [3.05, 3.63) is 0 Å². The van der Waals surface area contributed by atoms with Gasteiger partial charge in [0.1, 0.15) is 0 Å². The second-order valence-electron chi connectivity index (χ2n) is 3.51. The van der Waals surface area contributed by atoms with Gasteiger partial charge in [0, 0.05) is 0 Å². The van der Waals surface area contributed by atoms with Crippen LogP contribution in [0.3, 0.4) is 0 Å². The lowest BCUT2D eigenvalue weighted by molar-refractivity contribution is -0.145. The Morgan fingerprint density at radius 1 is 1.33 bits per heavy atom. The second kappa shape index (κ2) is 6.04. The van der Waals surface area contributed by atoms with Crippen molar-refractivity contribution in [1.29, 1.82) is 0 Å². The van der Waals surface area contributed by atoms with Gasteiger partial charge >= 0.3 is 5.97 Å². The number of methoxy groups -OCH3 is 1. The van der Waals surface area contributed by atoms with Crippen molar-refractivity contribution >= 4 is 5.97 Å². The number of hydrogen-bond donors (Lipinski definition) is 0. The van der Waals surface area contributed by atoms with Gasteiger partial charge in [-0.25, -0.2) is 0 Å². The maximum absolute atomic E-state index is 11.0. The molecule has 0 heterocycles. The van der Waals surface area contributed by atoms with Crippen LogP contribution in [0.5, 0.6) is 0 Å². The first-order valence-corrected chi connectivity index (χ1v) is 4.69. The van der Waals surface area contributed by atoms with E-state index in [9.17, 15) is 4.79 Å². The fourth-order valence-corrected chi connectivity index (χ4v) is 1.06. The number of carbonyl (C=O) groups excluding carboxylic acids is 1. The summed E-state index contributed by atoms with van der Waals surface area (Å²) in [5.74, 6) is 0.694. The molecule has 0 rings (SSSR count). The summed E-state index contributed by atoms with van der Waals surface area (Å²) in [6, 6.07) is 0. The van der Waals surface area contributed by atoms with Crippen molar-refractivity contribution in [3.63, 3.8) is 0 Å². The molecule has 0 aromatic rings. The molecule has 2 atom stereocenters. The van der Waals surface area contributed by atoms with E-state index in [0.717, 1.165) is 18.8 Å². The number of ether oxygens (including phenoxy) is 1. The Hall–Kier alpha value is -0.530. The third-order valence-corrected chi connectivity index (χ3v) is 2.39. The highest BCUT2D eigenvalue weighted by Crippen LogP contribution is 2.15. The normalized spacial score (nSPS) is 15.3. The molecule has 0 spiro atoms. The summed E-state index contributed by atoms with van der Waals surface area (Å²) in [7, 11) is 1.45. The van der Waals surface area contributed by atoms with Crippen LogP contribution >= 0.6 is 0 Å². The van der Waals surface area contributed by atoms with Gasteiger partial charge in [0.05, 0.1) is 13.0 Å². The molecule has 72 valence electrons. The van der Waals surface area contributed by atoms with Gasteiger partial charge in [-0.05, 0) is 18.8 Å². The molecule has 0 fully saturated rings. The summed E-state index contributed by atoms with van der Waals surface area (Å²) in [6.07, 6.45) is 3.25. The first-order valence-electron chi connectivity index (χ1n) is 4.69. The summed E-state index contributed by atoms with van der Waals surface area (Å²) >= 11 is 0. The van der Waals surface area contributed by atoms with Gasteiger partial charge in [-0.2, -0.15) is 0 Å². The van der Waals surface area contributed by atoms with Crippen molar-refractivity contribution in [3.8, 4) is 0 Å². The van der Waals surface area contributed by atoms with Gasteiger partial charge < -0.3 is 4.74 Å². The third-order valence-electron chi connectivity index (χ3n) is 2.39. The molecule has 0 bridgehead atoms. The highest BCUT2D eigenvalue weighted by atomic mass is 16.5. The van der Waals surface area contributed by atoms with Crippen LogP contribution in [0.1, 0.15) is 40.0 Å². The highest BCUT2D eigenvalue weighted by Gasteiger charge is 2.13. The van der Waals surface area contributed by atoms with Crippen LogP contribution in [0.2, 0.25) is 0 Å². The Kier molecular flexibility index (Phi) is 5.77. The lowest BCUT2D eigenvalue weighted by atomic mass is 9.96. The van der Waals surface area contributed by atoms with Crippen LogP contribution in [-0.2, 0) is 9.53 Å². The van der Waals surface area contributed by atoms with Crippen molar-refractivity contribution in [2.24, 2.45) is 11.8 Å². The minimum absolute atomic E-state index is 0.0593. The summed E-state index contributed by atoms with van der Waals surface area (Å²) in [4.78, 5) is 11.0. The third kappa shape index (κ3) is 4.37. The Morgan fingerprint density at radius 3 is 2.33 bits per heavy atom. The van der Waals surface area contributed by atoms with E-state index in [0.29, 0.717) is 0 Å². The molecule has 0 saturated heterocycles. The first kappa shape index (κ1) is 11.5. The Labute approximate surface area is 75.3 Å². The van der Waals surface area contributed by atoms with Gasteiger partial charge in [-0.3, -0.25) is 4.79 Å². The van der Waals surface area contributed by atoms with Crippen LogP contribution in [0.15, 0.2) is 0 Å². The number of esters is 1. The number of carbonyl (C=O) groups is 1. The Morgan fingerprint density at radius 2 is 1.92 bits per heavy atom. The van der Waals surface area contributed by atoms with E-state index >= 15 is 0 Å². The predicted octanol–water partition coefficient (Wildman–Crippen LogP) is 2.62. The van der Waals surface area contributed by atoms with E-state index in [1.54, 1.807) is 0 Å². The maximum Gasteiger partial charge on any atom is 0.308 e. The van der Waals surface area contributed by atoms with Crippen LogP contribution in [0, 0.1) is 11.8 Å². The predicted molar refractivity (Wildman–Crippen MR) is 49.9 cm³/mol. The molecule has 0 saturated carbocycles. The minimum atomic E-state index is -0.0849. The van der Waals surface area contributed by atoms with Crippen molar-refractivity contribution < 1.29 is 9.53 Å². The van der Waals surface area contributed by atoms with E-state index in [1.165, 1.54) is 13.5 Å². The molecule has 0 amide bonds. The second-order valence-corrected chi connectivity index (χ2v) is 3.51. The van der Waals surface area contributed by atoms with E-state index in [-0.39, 0.29) is 11.9 Å². The smallest absolute Gasteiger partial charge is 0.308 e. The van der Waals surface area contributed by atoms with Crippen LogP contribution in [-0.4, -0.2) is 13.1 Å². The molecule has 0 radical (unpaired) electrons. The molecule has 0 aliphatic heterocycles. The molecule has 2 unspecified atom stereocenters. The topological polar surface area (TPSA) is 26.3 Å². The van der Waals surface area contributed by atoms with Crippen molar-refractivity contribution in [2.45, 2.75) is 40.0 Å². The molecule has 2 heteroatoms. The quantitative estimate of drug-likeness (QED) is 0.596. The average molecular weight is 172 g/mol. The van der Waals surface area contributed by atoms with Gasteiger partial charge in [0.25, 0.3) is 0 Å². The van der Waals surface area contributed by atoms with E-state index in [2.05, 4.69) is 18.6 Å². The van der Waals surface area contributed by atoms with Crippen molar-refractivity contribution in [2.75, 3.05) is 7.11 Å². The Balaban J connectivity index is 3.56.